The largest absolute Gasteiger partial charge is 0.336 e. The Labute approximate surface area is 93.6 Å². The summed E-state index contributed by atoms with van der Waals surface area (Å²) in [5.74, 6) is -1.28. The van der Waals surface area contributed by atoms with Gasteiger partial charge in [-0.1, -0.05) is 6.92 Å². The molecule has 8 nitrogen and oxygen atoms in total. The van der Waals surface area contributed by atoms with E-state index in [1.54, 1.807) is 12.6 Å². The molecular formula is C7H15NO7S. The average molecular weight is 257 g/mol. The van der Waals surface area contributed by atoms with E-state index < -0.39 is 22.1 Å². The molecule has 0 amide bonds. The quantitative estimate of drug-likeness (QED) is 0.525. The normalized spacial score (nSPS) is 9.75. The van der Waals surface area contributed by atoms with E-state index in [1.165, 1.54) is 13.8 Å². The molecule has 0 aromatic carbocycles. The first-order chi connectivity index (χ1) is 7.19. The van der Waals surface area contributed by atoms with Crippen molar-refractivity contribution in [2.24, 2.45) is 0 Å². The maximum absolute atomic E-state index is 9.95. The molecule has 0 unspecified atom stereocenters. The summed E-state index contributed by atoms with van der Waals surface area (Å²) in [6, 6.07) is 0. The van der Waals surface area contributed by atoms with E-state index in [9.17, 15) is 18.0 Å². The van der Waals surface area contributed by atoms with Gasteiger partial charge < -0.3 is 9.68 Å². The molecule has 96 valence electrons. The second-order valence-electron chi connectivity index (χ2n) is 2.56. The summed E-state index contributed by atoms with van der Waals surface area (Å²) in [7, 11) is -3.67. The summed E-state index contributed by atoms with van der Waals surface area (Å²) in [4.78, 5) is 27.9. The summed E-state index contributed by atoms with van der Waals surface area (Å²) in [5, 5.41) is 0. The van der Waals surface area contributed by atoms with Crippen LogP contribution in [-0.4, -0.2) is 30.7 Å². The van der Waals surface area contributed by atoms with E-state index in [0.717, 1.165) is 0 Å². The molecule has 0 rings (SSSR count). The molecule has 0 saturated carbocycles. The smallest absolute Gasteiger partial charge is 0.325 e. The highest BCUT2D eigenvalue weighted by Crippen LogP contribution is 1.83. The van der Waals surface area contributed by atoms with E-state index in [0.29, 0.717) is 6.42 Å². The zero-order valence-corrected chi connectivity index (χ0v) is 10.0. The Kier molecular flexibility index (Phi) is 9.75. The van der Waals surface area contributed by atoms with E-state index in [2.05, 4.69) is 9.68 Å². The summed E-state index contributed by atoms with van der Waals surface area (Å²) >= 11 is 0. The lowest BCUT2D eigenvalue weighted by molar-refractivity contribution is -0.195. The van der Waals surface area contributed by atoms with Crippen LogP contribution in [0.3, 0.4) is 0 Å². The summed E-state index contributed by atoms with van der Waals surface area (Å²) in [5.41, 5.74) is 1.69. The number of hydrogen-bond donors (Lipinski definition) is 2. The fourth-order valence-corrected chi connectivity index (χ4v) is 0.912. The van der Waals surface area contributed by atoms with Crippen LogP contribution in [0.2, 0.25) is 0 Å². The second-order valence-corrected chi connectivity index (χ2v) is 4.13. The van der Waals surface area contributed by atoms with E-state index in [-0.39, 0.29) is 5.75 Å². The Bertz CT molecular complexity index is 297. The average Bonchev–Trinajstić information content (AvgIpc) is 2.00. The van der Waals surface area contributed by atoms with Gasteiger partial charge in [-0.05, 0) is 6.42 Å². The molecule has 0 aliphatic rings. The highest BCUT2D eigenvalue weighted by atomic mass is 32.2. The topological polar surface area (TPSA) is 119 Å². The molecule has 0 saturated heterocycles. The van der Waals surface area contributed by atoms with E-state index in [4.69, 9.17) is 4.55 Å². The van der Waals surface area contributed by atoms with Crippen LogP contribution in [0.5, 0.6) is 0 Å². The van der Waals surface area contributed by atoms with Crippen LogP contribution in [0, 0.1) is 0 Å². The third kappa shape index (κ3) is 23.0. The van der Waals surface area contributed by atoms with Crippen molar-refractivity contribution in [2.75, 3.05) is 5.75 Å². The maximum atomic E-state index is 9.95. The van der Waals surface area contributed by atoms with Gasteiger partial charge in [-0.15, -0.1) is 0 Å². The van der Waals surface area contributed by atoms with Crippen molar-refractivity contribution in [3.8, 4) is 0 Å². The molecule has 0 aromatic heterocycles. The fourth-order valence-electron chi connectivity index (χ4n) is 0.396. The van der Waals surface area contributed by atoms with Crippen molar-refractivity contribution in [3.05, 3.63) is 0 Å². The molecule has 16 heavy (non-hydrogen) atoms. The lowest BCUT2D eigenvalue weighted by atomic mass is 10.6. The van der Waals surface area contributed by atoms with Crippen molar-refractivity contribution in [3.63, 3.8) is 0 Å². The number of carbonyl (C=O) groups excluding carboxylic acids is 2. The number of hydrogen-bond acceptors (Lipinski definition) is 7. The predicted octanol–water partition coefficient (Wildman–Crippen LogP) is -0.184. The number of carbonyl (C=O) groups is 2. The zero-order valence-electron chi connectivity index (χ0n) is 9.22. The van der Waals surface area contributed by atoms with Gasteiger partial charge in [0.2, 0.25) is 0 Å². The molecule has 0 aliphatic heterocycles. The lowest BCUT2D eigenvalue weighted by Gasteiger charge is -1.98. The van der Waals surface area contributed by atoms with Crippen LogP contribution < -0.4 is 5.64 Å². The molecule has 0 heterocycles. The Morgan fingerprint density at radius 2 is 1.56 bits per heavy atom. The van der Waals surface area contributed by atoms with Gasteiger partial charge in [-0.3, -0.25) is 14.1 Å². The third-order valence-electron chi connectivity index (χ3n) is 0.833. The molecule has 0 aromatic rings. The molecule has 2 N–H and O–H groups in total. The van der Waals surface area contributed by atoms with Crippen LogP contribution in [-0.2, 0) is 29.4 Å². The minimum Gasteiger partial charge on any atom is -0.336 e. The highest BCUT2D eigenvalue weighted by Gasteiger charge is 1.98. The van der Waals surface area contributed by atoms with Crippen molar-refractivity contribution < 1.29 is 32.2 Å². The first-order valence-corrected chi connectivity index (χ1v) is 5.85. The molecule has 0 aliphatic carbocycles. The molecule has 0 fully saturated rings. The highest BCUT2D eigenvalue weighted by molar-refractivity contribution is 7.85. The van der Waals surface area contributed by atoms with Gasteiger partial charge in [0.05, 0.1) is 5.75 Å². The predicted molar refractivity (Wildman–Crippen MR) is 53.4 cm³/mol. The maximum Gasteiger partial charge on any atom is 0.325 e. The zero-order chi connectivity index (χ0) is 13.2. The van der Waals surface area contributed by atoms with Crippen LogP contribution in [0.25, 0.3) is 0 Å². The van der Waals surface area contributed by atoms with Gasteiger partial charge in [0.15, 0.2) is 0 Å². The minimum atomic E-state index is -3.67. The van der Waals surface area contributed by atoms with E-state index in [1.807, 2.05) is 0 Å². The minimum absolute atomic E-state index is 0.132. The molecule has 0 radical (unpaired) electrons. The third-order valence-corrected chi connectivity index (χ3v) is 1.76. The van der Waals surface area contributed by atoms with Crippen molar-refractivity contribution >= 4 is 22.1 Å². The Morgan fingerprint density at radius 3 is 1.69 bits per heavy atom. The Morgan fingerprint density at radius 1 is 1.19 bits per heavy atom. The molecule has 0 atom stereocenters. The van der Waals surface area contributed by atoms with Crippen LogP contribution in [0.1, 0.15) is 27.2 Å². The second kappa shape index (κ2) is 9.07. The summed E-state index contributed by atoms with van der Waals surface area (Å²) in [6.45, 7) is 4.04. The standard InChI is InChI=1S/C4H7NO4.C3H8O3S/c1-3(6)8-5-9-4(2)7;1-2-3-7(4,5)6/h5H,1-2H3;2-3H2,1H3,(H,4,5,6). The number of nitrogens with one attached hydrogen (secondary N) is 1. The first kappa shape index (κ1) is 17.2. The van der Waals surface area contributed by atoms with Gasteiger partial charge in [0, 0.05) is 19.5 Å². The van der Waals surface area contributed by atoms with Crippen LogP contribution in [0.4, 0.5) is 0 Å². The van der Waals surface area contributed by atoms with Crippen LogP contribution in [0.15, 0.2) is 0 Å². The molecule has 9 heteroatoms. The molecule has 0 spiro atoms. The van der Waals surface area contributed by atoms with Crippen molar-refractivity contribution in [1.29, 1.82) is 0 Å². The summed E-state index contributed by atoms with van der Waals surface area (Å²) in [6.07, 6.45) is 0.471. The Hall–Kier alpha value is -1.19. The van der Waals surface area contributed by atoms with Crippen molar-refractivity contribution in [2.45, 2.75) is 27.2 Å². The van der Waals surface area contributed by atoms with Crippen molar-refractivity contribution in [1.82, 2.24) is 5.64 Å². The van der Waals surface area contributed by atoms with Gasteiger partial charge >= 0.3 is 11.9 Å². The fraction of sp³-hybridized carbons (Fsp3) is 0.714. The lowest BCUT2D eigenvalue weighted by Crippen LogP contribution is -2.20. The Balaban J connectivity index is 0. The summed E-state index contributed by atoms with van der Waals surface area (Å²) < 4.78 is 27.6. The van der Waals surface area contributed by atoms with Crippen LogP contribution >= 0.6 is 0 Å². The molecule has 0 bridgehead atoms. The van der Waals surface area contributed by atoms with E-state index >= 15 is 0 Å². The van der Waals surface area contributed by atoms with Gasteiger partial charge in [-0.2, -0.15) is 8.42 Å². The van der Waals surface area contributed by atoms with Gasteiger partial charge in [-0.25, -0.2) is 0 Å². The van der Waals surface area contributed by atoms with Gasteiger partial charge in [0.25, 0.3) is 10.1 Å². The van der Waals surface area contributed by atoms with Gasteiger partial charge in [0.1, 0.15) is 0 Å². The monoisotopic (exact) mass is 257 g/mol. The SMILES string of the molecule is CC(=O)ONOC(C)=O.CCCS(=O)(=O)O. The first-order valence-electron chi connectivity index (χ1n) is 4.24. The molecular weight excluding hydrogens is 242 g/mol. The number of rotatable bonds is 4.